The second kappa shape index (κ2) is 9.51. The van der Waals surface area contributed by atoms with Gasteiger partial charge in [0.05, 0.1) is 35.0 Å². The summed E-state index contributed by atoms with van der Waals surface area (Å²) >= 11 is 0. The van der Waals surface area contributed by atoms with Crippen molar-refractivity contribution in [3.05, 3.63) is 53.6 Å². The van der Waals surface area contributed by atoms with Crippen molar-refractivity contribution in [2.24, 2.45) is 0 Å². The van der Waals surface area contributed by atoms with Crippen molar-refractivity contribution in [1.82, 2.24) is 4.31 Å². The number of hydrogen-bond donors (Lipinski definition) is 1. The fourth-order valence-electron chi connectivity index (χ4n) is 3.98. The van der Waals surface area contributed by atoms with Crippen molar-refractivity contribution in [3.63, 3.8) is 0 Å². The average Bonchev–Trinajstić information content (AvgIpc) is 2.81. The first kappa shape index (κ1) is 22.6. The van der Waals surface area contributed by atoms with Crippen LogP contribution >= 0.6 is 0 Å². The molecule has 2 aliphatic heterocycles. The van der Waals surface area contributed by atoms with Crippen molar-refractivity contribution in [3.8, 4) is 0 Å². The molecule has 0 bridgehead atoms. The Balaban J connectivity index is 1.70. The Kier molecular flexibility index (Phi) is 6.73. The second-order valence-corrected chi connectivity index (χ2v) is 9.76. The molecule has 2 aliphatic rings. The number of carbonyl (C=O) groups excluding carboxylic acids is 1. The van der Waals surface area contributed by atoms with Crippen LogP contribution in [-0.2, 0) is 14.8 Å². The fourth-order valence-corrected chi connectivity index (χ4v) is 5.42. The molecule has 2 aromatic carbocycles. The van der Waals surface area contributed by atoms with E-state index >= 15 is 0 Å². The molecule has 10 heteroatoms. The first-order valence-electron chi connectivity index (χ1n) is 10.6. The van der Waals surface area contributed by atoms with Crippen molar-refractivity contribution < 1.29 is 26.7 Å². The van der Waals surface area contributed by atoms with E-state index in [0.29, 0.717) is 18.9 Å². The average molecular weight is 466 g/mol. The number of rotatable bonds is 5. The first-order valence-corrected chi connectivity index (χ1v) is 12.0. The zero-order valence-electron chi connectivity index (χ0n) is 17.5. The molecule has 2 fully saturated rings. The summed E-state index contributed by atoms with van der Waals surface area (Å²) in [6.07, 6.45) is 3.04. The van der Waals surface area contributed by atoms with Crippen molar-refractivity contribution >= 4 is 27.3 Å². The highest BCUT2D eigenvalue weighted by atomic mass is 32.2. The summed E-state index contributed by atoms with van der Waals surface area (Å²) in [5.74, 6) is -2.45. The van der Waals surface area contributed by atoms with Crippen molar-refractivity contribution in [1.29, 1.82) is 0 Å². The molecule has 0 unspecified atom stereocenters. The minimum absolute atomic E-state index is 0.0233. The third-order valence-electron chi connectivity index (χ3n) is 5.69. The smallest absolute Gasteiger partial charge is 0.258 e. The maximum Gasteiger partial charge on any atom is 0.258 e. The monoisotopic (exact) mass is 465 g/mol. The van der Waals surface area contributed by atoms with E-state index in [-0.39, 0.29) is 23.7 Å². The molecule has 1 N–H and O–H groups in total. The van der Waals surface area contributed by atoms with E-state index in [1.54, 1.807) is 6.07 Å². The van der Waals surface area contributed by atoms with Gasteiger partial charge in [-0.15, -0.1) is 0 Å². The summed E-state index contributed by atoms with van der Waals surface area (Å²) in [6.45, 7) is 2.62. The Morgan fingerprint density at radius 1 is 0.938 bits per heavy atom. The molecular formula is C22H25F2N3O4S. The van der Waals surface area contributed by atoms with Gasteiger partial charge < -0.3 is 15.0 Å². The molecule has 0 atom stereocenters. The maximum absolute atomic E-state index is 14.1. The van der Waals surface area contributed by atoms with E-state index in [9.17, 15) is 22.0 Å². The van der Waals surface area contributed by atoms with Gasteiger partial charge in [-0.05, 0) is 55.7 Å². The van der Waals surface area contributed by atoms with Crippen LogP contribution in [0.4, 0.5) is 20.2 Å². The third-order valence-corrected chi connectivity index (χ3v) is 7.59. The van der Waals surface area contributed by atoms with Gasteiger partial charge in [-0.2, -0.15) is 4.31 Å². The second-order valence-electron chi connectivity index (χ2n) is 7.82. The Morgan fingerprint density at radius 2 is 1.66 bits per heavy atom. The summed E-state index contributed by atoms with van der Waals surface area (Å²) in [7, 11) is -3.80. The molecule has 172 valence electrons. The lowest BCUT2D eigenvalue weighted by Gasteiger charge is -2.31. The summed E-state index contributed by atoms with van der Waals surface area (Å²) in [5.41, 5.74) is 0.446. The number of hydrogen-bond acceptors (Lipinski definition) is 5. The van der Waals surface area contributed by atoms with Crippen LogP contribution in [0, 0.1) is 11.6 Å². The van der Waals surface area contributed by atoms with E-state index in [0.717, 1.165) is 50.6 Å². The van der Waals surface area contributed by atoms with E-state index in [1.165, 1.54) is 16.4 Å². The number of carbonyl (C=O) groups is 1. The Hall–Kier alpha value is -2.56. The molecule has 0 saturated carbocycles. The minimum Gasteiger partial charge on any atom is -0.379 e. The maximum atomic E-state index is 14.1. The van der Waals surface area contributed by atoms with Crippen molar-refractivity contribution in [2.75, 3.05) is 49.6 Å². The highest BCUT2D eigenvalue weighted by Crippen LogP contribution is 2.32. The Labute approximate surface area is 186 Å². The number of ether oxygens (including phenoxy) is 1. The van der Waals surface area contributed by atoms with E-state index < -0.39 is 33.1 Å². The lowest BCUT2D eigenvalue weighted by atomic mass is 10.1. The Bertz CT molecular complexity index is 1100. The highest BCUT2D eigenvalue weighted by Gasteiger charge is 2.28. The number of nitrogens with one attached hydrogen (secondary N) is 1. The van der Waals surface area contributed by atoms with Gasteiger partial charge in [0.2, 0.25) is 10.0 Å². The molecule has 1 amide bonds. The van der Waals surface area contributed by atoms with Gasteiger partial charge >= 0.3 is 0 Å². The molecule has 32 heavy (non-hydrogen) atoms. The Morgan fingerprint density at radius 3 is 2.38 bits per heavy atom. The van der Waals surface area contributed by atoms with E-state index in [2.05, 4.69) is 10.2 Å². The lowest BCUT2D eigenvalue weighted by Crippen LogP contribution is -2.40. The van der Waals surface area contributed by atoms with Gasteiger partial charge in [-0.25, -0.2) is 17.2 Å². The van der Waals surface area contributed by atoms with E-state index in [4.69, 9.17) is 4.74 Å². The van der Waals surface area contributed by atoms with Crippen LogP contribution in [-0.4, -0.2) is 58.0 Å². The van der Waals surface area contributed by atoms with Crippen LogP contribution < -0.4 is 10.2 Å². The molecule has 2 aromatic rings. The van der Waals surface area contributed by atoms with Crippen LogP contribution in [0.25, 0.3) is 0 Å². The number of morpholine rings is 1. The third kappa shape index (κ3) is 4.77. The van der Waals surface area contributed by atoms with Gasteiger partial charge in [-0.1, -0.05) is 0 Å². The molecule has 0 aliphatic carbocycles. The summed E-state index contributed by atoms with van der Waals surface area (Å²) in [5, 5.41) is 2.61. The summed E-state index contributed by atoms with van der Waals surface area (Å²) in [6, 6.07) is 7.21. The number of halogens is 2. The normalized spacial score (nSPS) is 17.9. The number of piperidine rings is 1. The largest absolute Gasteiger partial charge is 0.379 e. The summed E-state index contributed by atoms with van der Waals surface area (Å²) in [4.78, 5) is 14.9. The fraction of sp³-hybridized carbons (Fsp3) is 0.409. The number of sulfonamides is 1. The molecule has 7 nitrogen and oxygen atoms in total. The highest BCUT2D eigenvalue weighted by molar-refractivity contribution is 7.89. The standard InChI is InChI=1S/C22H25F2N3O4S/c23-16-4-6-19(24)18(14-16)22(28)25-20-15-17(32(29,30)27-10-12-31-13-11-27)5-7-21(20)26-8-2-1-3-9-26/h4-7,14-15H,1-3,8-13H2,(H,25,28). The van der Waals surface area contributed by atoms with Gasteiger partial charge in [0, 0.05) is 26.2 Å². The number of anilines is 2. The van der Waals surface area contributed by atoms with Gasteiger partial charge in [0.15, 0.2) is 0 Å². The van der Waals surface area contributed by atoms with Crippen LogP contribution in [0.1, 0.15) is 29.6 Å². The van der Waals surface area contributed by atoms with Crippen LogP contribution in [0.5, 0.6) is 0 Å². The van der Waals surface area contributed by atoms with E-state index in [1.807, 2.05) is 0 Å². The molecule has 0 radical (unpaired) electrons. The van der Waals surface area contributed by atoms with Gasteiger partial charge in [0.1, 0.15) is 11.6 Å². The van der Waals surface area contributed by atoms with Crippen molar-refractivity contribution in [2.45, 2.75) is 24.2 Å². The number of benzene rings is 2. The molecule has 4 rings (SSSR count). The first-order chi connectivity index (χ1) is 15.4. The lowest BCUT2D eigenvalue weighted by molar-refractivity contribution is 0.0730. The summed E-state index contributed by atoms with van der Waals surface area (Å²) < 4.78 is 60.5. The SMILES string of the molecule is O=C(Nc1cc(S(=O)(=O)N2CCOCC2)ccc1N1CCCCC1)c1cc(F)ccc1F. The van der Waals surface area contributed by atoms with Gasteiger partial charge in [-0.3, -0.25) is 4.79 Å². The predicted octanol–water partition coefficient (Wildman–Crippen LogP) is 3.23. The number of nitrogens with zero attached hydrogens (tertiary/aromatic N) is 2. The topological polar surface area (TPSA) is 79.0 Å². The predicted molar refractivity (Wildman–Crippen MR) is 116 cm³/mol. The molecule has 0 spiro atoms. The quantitative estimate of drug-likeness (QED) is 0.734. The van der Waals surface area contributed by atoms with Crippen LogP contribution in [0.3, 0.4) is 0 Å². The van der Waals surface area contributed by atoms with Crippen LogP contribution in [0.2, 0.25) is 0 Å². The molecule has 2 saturated heterocycles. The molecule has 2 heterocycles. The van der Waals surface area contributed by atoms with Gasteiger partial charge in [0.25, 0.3) is 5.91 Å². The molecule has 0 aromatic heterocycles. The van der Waals surface area contributed by atoms with Crippen LogP contribution in [0.15, 0.2) is 41.3 Å². The molecular weight excluding hydrogens is 440 g/mol. The zero-order chi connectivity index (χ0) is 22.7. The zero-order valence-corrected chi connectivity index (χ0v) is 18.3. The number of amides is 1. The minimum atomic E-state index is -3.80.